The van der Waals surface area contributed by atoms with Crippen molar-refractivity contribution < 1.29 is 9.18 Å². The van der Waals surface area contributed by atoms with Gasteiger partial charge in [-0.05, 0) is 30.0 Å². The molecule has 0 aromatic heterocycles. The Hall–Kier alpha value is -1.62. The van der Waals surface area contributed by atoms with Crippen LogP contribution >= 0.6 is 0 Å². The molecule has 0 fully saturated rings. The first kappa shape index (κ1) is 11.9. The van der Waals surface area contributed by atoms with Gasteiger partial charge in [-0.25, -0.2) is 9.18 Å². The Bertz CT molecular complexity index is 422. The summed E-state index contributed by atoms with van der Waals surface area (Å²) in [4.78, 5) is 10.5. The summed E-state index contributed by atoms with van der Waals surface area (Å²) in [7, 11) is 0. The van der Waals surface area contributed by atoms with Gasteiger partial charge in [-0.15, -0.1) is 0 Å². The van der Waals surface area contributed by atoms with Crippen LogP contribution in [-0.4, -0.2) is 19.1 Å². The van der Waals surface area contributed by atoms with E-state index < -0.39 is 6.03 Å². The average Bonchev–Trinajstić information content (AvgIpc) is 2.69. The van der Waals surface area contributed by atoms with Gasteiger partial charge in [-0.3, -0.25) is 0 Å². The first-order chi connectivity index (χ1) is 8.18. The number of amides is 2. The number of carbonyl (C=O) groups excluding carboxylic acids is 1. The summed E-state index contributed by atoms with van der Waals surface area (Å²) < 4.78 is 13.5. The molecule has 1 aliphatic rings. The molecule has 0 spiro atoms. The second-order valence-corrected chi connectivity index (χ2v) is 4.14. The van der Waals surface area contributed by atoms with Gasteiger partial charge in [0.2, 0.25) is 0 Å². The molecule has 1 unspecified atom stereocenters. The molecule has 1 atom stereocenters. The summed E-state index contributed by atoms with van der Waals surface area (Å²) in [5.41, 5.74) is 6.80. The molecule has 1 aliphatic carbocycles. The molecule has 2 rings (SSSR count). The largest absolute Gasteiger partial charge is 0.352 e. The second-order valence-electron chi connectivity index (χ2n) is 4.14. The van der Waals surface area contributed by atoms with Crippen molar-refractivity contribution in [2.45, 2.75) is 18.9 Å². The van der Waals surface area contributed by atoms with Crippen LogP contribution in [-0.2, 0) is 6.42 Å². The van der Waals surface area contributed by atoms with Crippen LogP contribution in [0.4, 0.5) is 9.18 Å². The summed E-state index contributed by atoms with van der Waals surface area (Å²) in [5, 5.41) is 5.79. The molecule has 1 aromatic carbocycles. The van der Waals surface area contributed by atoms with Crippen LogP contribution in [0.15, 0.2) is 18.2 Å². The molecule has 0 saturated heterocycles. The van der Waals surface area contributed by atoms with Gasteiger partial charge in [0.05, 0.1) is 0 Å². The summed E-state index contributed by atoms with van der Waals surface area (Å²) in [6.45, 7) is 1.11. The number of hydrogen-bond acceptors (Lipinski definition) is 2. The standard InChI is InChI=1S/C12H16FN3O/c13-10-3-1-2-9-8(10)4-5-11(9)15-6-7-16-12(14)17/h1-3,11,15H,4-7H2,(H3,14,16,17). The van der Waals surface area contributed by atoms with E-state index in [0.717, 1.165) is 24.0 Å². The van der Waals surface area contributed by atoms with E-state index in [1.165, 1.54) is 6.07 Å². The minimum absolute atomic E-state index is 0.123. The summed E-state index contributed by atoms with van der Waals surface area (Å²) in [6.07, 6.45) is 1.66. The Morgan fingerprint density at radius 3 is 3.06 bits per heavy atom. The molecular formula is C12H16FN3O. The topological polar surface area (TPSA) is 67.2 Å². The third-order valence-corrected chi connectivity index (χ3v) is 3.03. The first-order valence-electron chi connectivity index (χ1n) is 5.72. The fourth-order valence-electron chi connectivity index (χ4n) is 2.25. The van der Waals surface area contributed by atoms with Crippen LogP contribution in [0.25, 0.3) is 0 Å². The van der Waals surface area contributed by atoms with Crippen LogP contribution in [0.2, 0.25) is 0 Å². The molecule has 0 aliphatic heterocycles. The van der Waals surface area contributed by atoms with Crippen molar-refractivity contribution in [3.05, 3.63) is 35.1 Å². The fourth-order valence-corrected chi connectivity index (χ4v) is 2.25. The lowest BCUT2D eigenvalue weighted by atomic mass is 10.1. The van der Waals surface area contributed by atoms with E-state index in [1.807, 2.05) is 6.07 Å². The van der Waals surface area contributed by atoms with Crippen LogP contribution in [0, 0.1) is 5.82 Å². The summed E-state index contributed by atoms with van der Waals surface area (Å²) in [6, 6.07) is 4.83. The number of rotatable bonds is 4. The number of nitrogens with two attached hydrogens (primary N) is 1. The number of hydrogen-bond donors (Lipinski definition) is 3. The second kappa shape index (κ2) is 5.14. The highest BCUT2D eigenvalue weighted by atomic mass is 19.1. The maximum absolute atomic E-state index is 13.5. The van der Waals surface area contributed by atoms with E-state index in [9.17, 15) is 9.18 Å². The lowest BCUT2D eigenvalue weighted by molar-refractivity contribution is 0.249. The van der Waals surface area contributed by atoms with Gasteiger partial charge < -0.3 is 16.4 Å². The normalized spacial score (nSPS) is 17.8. The Labute approximate surface area is 99.4 Å². The van der Waals surface area contributed by atoms with Crippen molar-refractivity contribution in [1.82, 2.24) is 10.6 Å². The van der Waals surface area contributed by atoms with Gasteiger partial charge in [0, 0.05) is 19.1 Å². The number of carbonyl (C=O) groups is 1. The van der Waals surface area contributed by atoms with Gasteiger partial charge in [0.25, 0.3) is 0 Å². The van der Waals surface area contributed by atoms with Crippen molar-refractivity contribution in [2.24, 2.45) is 5.73 Å². The highest BCUT2D eigenvalue weighted by Crippen LogP contribution is 2.32. The SMILES string of the molecule is NC(=O)NCCNC1CCc2c(F)cccc21. The van der Waals surface area contributed by atoms with E-state index in [1.54, 1.807) is 6.07 Å². The smallest absolute Gasteiger partial charge is 0.312 e. The Balaban J connectivity index is 1.89. The predicted molar refractivity (Wildman–Crippen MR) is 63.1 cm³/mol. The molecule has 0 bridgehead atoms. The summed E-state index contributed by atoms with van der Waals surface area (Å²) >= 11 is 0. The monoisotopic (exact) mass is 237 g/mol. The quantitative estimate of drug-likeness (QED) is 0.686. The number of fused-ring (bicyclic) bond motifs is 1. The van der Waals surface area contributed by atoms with Crippen molar-refractivity contribution in [3.8, 4) is 0 Å². The number of halogens is 1. The molecule has 0 radical (unpaired) electrons. The predicted octanol–water partition coefficient (Wildman–Crippen LogP) is 1.07. The molecule has 4 nitrogen and oxygen atoms in total. The van der Waals surface area contributed by atoms with Gasteiger partial charge in [0.15, 0.2) is 0 Å². The lowest BCUT2D eigenvalue weighted by Crippen LogP contribution is -2.36. The third-order valence-electron chi connectivity index (χ3n) is 3.03. The maximum Gasteiger partial charge on any atom is 0.312 e. The van der Waals surface area contributed by atoms with Gasteiger partial charge in [0.1, 0.15) is 5.82 Å². The Kier molecular flexibility index (Phi) is 3.58. The van der Waals surface area contributed by atoms with E-state index in [-0.39, 0.29) is 11.9 Å². The molecule has 1 aromatic rings. The van der Waals surface area contributed by atoms with Gasteiger partial charge >= 0.3 is 6.03 Å². The number of primary amides is 1. The highest BCUT2D eigenvalue weighted by molar-refractivity contribution is 5.71. The lowest BCUT2D eigenvalue weighted by Gasteiger charge is -2.14. The highest BCUT2D eigenvalue weighted by Gasteiger charge is 2.23. The molecule has 2 amide bonds. The minimum Gasteiger partial charge on any atom is -0.352 e. The molecule has 92 valence electrons. The van der Waals surface area contributed by atoms with Crippen LogP contribution in [0.1, 0.15) is 23.6 Å². The van der Waals surface area contributed by atoms with Crippen molar-refractivity contribution in [1.29, 1.82) is 0 Å². The molecule has 0 saturated carbocycles. The zero-order valence-corrected chi connectivity index (χ0v) is 9.50. The van der Waals surface area contributed by atoms with Crippen molar-refractivity contribution in [3.63, 3.8) is 0 Å². The third kappa shape index (κ3) is 2.74. The number of nitrogens with one attached hydrogen (secondary N) is 2. The number of urea groups is 1. The van der Waals surface area contributed by atoms with Crippen molar-refractivity contribution in [2.75, 3.05) is 13.1 Å². The zero-order valence-electron chi connectivity index (χ0n) is 9.50. The van der Waals surface area contributed by atoms with Crippen LogP contribution in [0.5, 0.6) is 0 Å². The molecule has 0 heterocycles. The maximum atomic E-state index is 13.5. The average molecular weight is 237 g/mol. The van der Waals surface area contributed by atoms with E-state index in [4.69, 9.17) is 5.73 Å². The molecular weight excluding hydrogens is 221 g/mol. The zero-order chi connectivity index (χ0) is 12.3. The number of benzene rings is 1. The van der Waals surface area contributed by atoms with Crippen molar-refractivity contribution >= 4 is 6.03 Å². The Morgan fingerprint density at radius 2 is 2.29 bits per heavy atom. The first-order valence-corrected chi connectivity index (χ1v) is 5.72. The summed E-state index contributed by atoms with van der Waals surface area (Å²) in [5.74, 6) is -0.123. The van der Waals surface area contributed by atoms with Crippen LogP contribution in [0.3, 0.4) is 0 Å². The van der Waals surface area contributed by atoms with E-state index in [0.29, 0.717) is 13.1 Å². The minimum atomic E-state index is -0.523. The van der Waals surface area contributed by atoms with Gasteiger partial charge in [-0.2, -0.15) is 0 Å². The van der Waals surface area contributed by atoms with E-state index >= 15 is 0 Å². The fraction of sp³-hybridized carbons (Fsp3) is 0.417. The van der Waals surface area contributed by atoms with E-state index in [2.05, 4.69) is 10.6 Å². The molecule has 17 heavy (non-hydrogen) atoms. The molecule has 4 N–H and O–H groups in total. The van der Waals surface area contributed by atoms with Gasteiger partial charge in [-0.1, -0.05) is 12.1 Å². The molecule has 5 heteroatoms. The Morgan fingerprint density at radius 1 is 1.47 bits per heavy atom. The van der Waals surface area contributed by atoms with Crippen LogP contribution < -0.4 is 16.4 Å².